The van der Waals surface area contributed by atoms with Crippen molar-refractivity contribution in [1.82, 2.24) is 4.98 Å². The molecule has 0 spiro atoms. The second-order valence-electron chi connectivity index (χ2n) is 5.62. The molecule has 0 aliphatic carbocycles. The Hall–Kier alpha value is -2.74. The summed E-state index contributed by atoms with van der Waals surface area (Å²) in [7, 11) is -3.86. The molecule has 1 aromatic heterocycles. The molecule has 0 aliphatic rings. The quantitative estimate of drug-likeness (QED) is 0.727. The fraction of sp³-hybridized carbons (Fsp3) is 0.235. The van der Waals surface area contributed by atoms with Gasteiger partial charge in [-0.25, -0.2) is 13.2 Å². The van der Waals surface area contributed by atoms with E-state index in [9.17, 15) is 13.2 Å². The number of hydrogen-bond donors (Lipinski definition) is 2. The molecule has 0 amide bonds. The highest BCUT2D eigenvalue weighted by molar-refractivity contribution is 7.92. The highest BCUT2D eigenvalue weighted by Gasteiger charge is 2.21. The van der Waals surface area contributed by atoms with Crippen LogP contribution in [0.2, 0.25) is 0 Å². The summed E-state index contributed by atoms with van der Waals surface area (Å²) in [6.45, 7) is 5.86. The van der Waals surface area contributed by atoms with Gasteiger partial charge in [0, 0.05) is 0 Å². The number of aromatic amines is 1. The first kappa shape index (κ1) is 17.1. The number of hydrogen-bond acceptors (Lipinski definition) is 5. The minimum Gasteiger partial charge on any atom is -0.494 e. The van der Waals surface area contributed by atoms with Gasteiger partial charge in [0.1, 0.15) is 5.75 Å². The number of H-pyrrole nitrogens is 1. The average Bonchev–Trinajstić information content (AvgIpc) is 2.92. The van der Waals surface area contributed by atoms with Crippen molar-refractivity contribution in [3.63, 3.8) is 0 Å². The number of ether oxygens (including phenoxy) is 1. The highest BCUT2D eigenvalue weighted by atomic mass is 32.2. The van der Waals surface area contributed by atoms with Gasteiger partial charge in [0.15, 0.2) is 5.58 Å². The van der Waals surface area contributed by atoms with E-state index >= 15 is 0 Å². The van der Waals surface area contributed by atoms with Crippen LogP contribution in [0.25, 0.3) is 11.1 Å². The van der Waals surface area contributed by atoms with E-state index in [0.29, 0.717) is 23.4 Å². The van der Waals surface area contributed by atoms with Gasteiger partial charge in [-0.05, 0) is 56.2 Å². The van der Waals surface area contributed by atoms with Crippen LogP contribution in [0.5, 0.6) is 5.75 Å². The maximum absolute atomic E-state index is 12.8. The molecule has 1 heterocycles. The Morgan fingerprint density at radius 1 is 1.20 bits per heavy atom. The number of rotatable bonds is 5. The van der Waals surface area contributed by atoms with Crippen molar-refractivity contribution in [2.45, 2.75) is 25.7 Å². The van der Waals surface area contributed by atoms with Gasteiger partial charge in [-0.2, -0.15) is 0 Å². The van der Waals surface area contributed by atoms with Crippen molar-refractivity contribution in [3.8, 4) is 5.75 Å². The third kappa shape index (κ3) is 3.25. The van der Waals surface area contributed by atoms with Gasteiger partial charge in [-0.1, -0.05) is 6.07 Å². The maximum Gasteiger partial charge on any atom is 0.417 e. The van der Waals surface area contributed by atoms with Gasteiger partial charge < -0.3 is 9.15 Å². The smallest absolute Gasteiger partial charge is 0.417 e. The van der Waals surface area contributed by atoms with Gasteiger partial charge in [-0.3, -0.25) is 9.71 Å². The minimum absolute atomic E-state index is 0.142. The van der Waals surface area contributed by atoms with Crippen molar-refractivity contribution >= 4 is 26.8 Å². The number of benzene rings is 2. The normalized spacial score (nSPS) is 11.6. The molecule has 8 heteroatoms. The molecule has 0 aliphatic heterocycles. The summed E-state index contributed by atoms with van der Waals surface area (Å²) >= 11 is 0. The number of oxazole rings is 1. The predicted molar refractivity (Wildman–Crippen MR) is 94.7 cm³/mol. The molecule has 0 saturated heterocycles. The van der Waals surface area contributed by atoms with Gasteiger partial charge in [-0.15, -0.1) is 0 Å². The molecule has 0 bridgehead atoms. The second-order valence-corrected chi connectivity index (χ2v) is 7.27. The lowest BCUT2D eigenvalue weighted by atomic mass is 10.1. The average molecular weight is 362 g/mol. The van der Waals surface area contributed by atoms with Crippen molar-refractivity contribution < 1.29 is 17.6 Å². The van der Waals surface area contributed by atoms with Crippen LogP contribution in [0, 0.1) is 13.8 Å². The lowest BCUT2D eigenvalue weighted by Gasteiger charge is -2.14. The molecule has 25 heavy (non-hydrogen) atoms. The van der Waals surface area contributed by atoms with E-state index in [4.69, 9.17) is 9.15 Å². The first-order valence-electron chi connectivity index (χ1n) is 7.70. The van der Waals surface area contributed by atoms with E-state index in [2.05, 4.69) is 9.71 Å². The number of aromatic nitrogens is 1. The van der Waals surface area contributed by atoms with Gasteiger partial charge in [0.2, 0.25) is 0 Å². The van der Waals surface area contributed by atoms with Crippen LogP contribution < -0.4 is 15.2 Å². The van der Waals surface area contributed by atoms with Crippen LogP contribution in [0.15, 0.2) is 44.4 Å². The molecule has 0 saturated carbocycles. The zero-order valence-corrected chi connectivity index (χ0v) is 14.9. The lowest BCUT2D eigenvalue weighted by Crippen LogP contribution is -2.15. The number of para-hydroxylation sites is 1. The molecule has 2 N–H and O–H groups in total. The Balaban J connectivity index is 2.05. The summed E-state index contributed by atoms with van der Waals surface area (Å²) in [5.41, 5.74) is 2.06. The Labute approximate surface area is 144 Å². The van der Waals surface area contributed by atoms with E-state index in [-0.39, 0.29) is 16.2 Å². The zero-order valence-electron chi connectivity index (χ0n) is 14.0. The van der Waals surface area contributed by atoms with Crippen LogP contribution in [0.1, 0.15) is 18.1 Å². The van der Waals surface area contributed by atoms with Gasteiger partial charge in [0.25, 0.3) is 10.0 Å². The molecular formula is C17H18N2O5S. The summed E-state index contributed by atoms with van der Waals surface area (Å²) in [4.78, 5) is 14.0. The molecule has 0 radical (unpaired) electrons. The van der Waals surface area contributed by atoms with Crippen molar-refractivity contribution in [3.05, 3.63) is 52.0 Å². The van der Waals surface area contributed by atoms with Crippen LogP contribution in [0.3, 0.4) is 0 Å². The number of aryl methyl sites for hydroxylation is 2. The molecule has 132 valence electrons. The Morgan fingerprint density at radius 3 is 2.68 bits per heavy atom. The van der Waals surface area contributed by atoms with Gasteiger partial charge in [0.05, 0.1) is 22.7 Å². The third-order valence-corrected chi connectivity index (χ3v) is 5.26. The zero-order chi connectivity index (χ0) is 18.2. The first-order chi connectivity index (χ1) is 11.8. The minimum atomic E-state index is -3.86. The van der Waals surface area contributed by atoms with Crippen molar-refractivity contribution in [2.75, 3.05) is 11.3 Å². The fourth-order valence-electron chi connectivity index (χ4n) is 2.62. The molecule has 3 rings (SSSR count). The maximum atomic E-state index is 12.8. The lowest BCUT2D eigenvalue weighted by molar-refractivity contribution is 0.337. The molecule has 3 aromatic rings. The van der Waals surface area contributed by atoms with Crippen molar-refractivity contribution in [2.24, 2.45) is 0 Å². The summed E-state index contributed by atoms with van der Waals surface area (Å²) < 4.78 is 38.6. The number of anilines is 1. The third-order valence-electron chi connectivity index (χ3n) is 3.75. The highest BCUT2D eigenvalue weighted by Crippen LogP contribution is 2.29. The second kappa shape index (κ2) is 6.29. The summed E-state index contributed by atoms with van der Waals surface area (Å²) in [5, 5.41) is 0. The SMILES string of the molecule is CCOc1cc(C)c(S(=O)(=O)Nc2cccc3[nH]c(=O)oc23)cc1C. The molecule has 0 fully saturated rings. The van der Waals surface area contributed by atoms with Crippen LogP contribution in [0.4, 0.5) is 5.69 Å². The van der Waals surface area contributed by atoms with E-state index in [1.165, 1.54) is 6.07 Å². The van der Waals surface area contributed by atoms with E-state index < -0.39 is 15.8 Å². The van der Waals surface area contributed by atoms with E-state index in [1.54, 1.807) is 38.1 Å². The van der Waals surface area contributed by atoms with E-state index in [0.717, 1.165) is 5.56 Å². The fourth-order valence-corrected chi connectivity index (χ4v) is 3.99. The van der Waals surface area contributed by atoms with E-state index in [1.807, 2.05) is 6.92 Å². The van der Waals surface area contributed by atoms with Gasteiger partial charge >= 0.3 is 5.76 Å². The molecule has 0 unspecified atom stereocenters. The molecule has 7 nitrogen and oxygen atoms in total. The van der Waals surface area contributed by atoms with Crippen LogP contribution >= 0.6 is 0 Å². The number of nitrogens with one attached hydrogen (secondary N) is 2. The Kier molecular flexibility index (Phi) is 4.30. The first-order valence-corrected chi connectivity index (χ1v) is 9.19. The van der Waals surface area contributed by atoms with Crippen LogP contribution in [-0.4, -0.2) is 20.0 Å². The topological polar surface area (TPSA) is 101 Å². The Morgan fingerprint density at radius 2 is 1.96 bits per heavy atom. The summed E-state index contributed by atoms with van der Waals surface area (Å²) in [5.74, 6) is 0.00687. The largest absolute Gasteiger partial charge is 0.494 e. The monoisotopic (exact) mass is 362 g/mol. The van der Waals surface area contributed by atoms with Crippen LogP contribution in [-0.2, 0) is 10.0 Å². The van der Waals surface area contributed by atoms with Crippen molar-refractivity contribution in [1.29, 1.82) is 0 Å². The predicted octanol–water partition coefficient (Wildman–Crippen LogP) is 2.94. The summed E-state index contributed by atoms with van der Waals surface area (Å²) in [6.07, 6.45) is 0. The number of sulfonamides is 1. The molecule has 2 aromatic carbocycles. The summed E-state index contributed by atoms with van der Waals surface area (Å²) in [6, 6.07) is 8.06. The number of fused-ring (bicyclic) bond motifs is 1. The standard InChI is InChI=1S/C17H18N2O5S/c1-4-23-14-8-11(3)15(9-10(14)2)25(21,22)19-13-7-5-6-12-16(13)24-17(20)18-12/h5-9,19H,4H2,1-3H3,(H,18,20). The molecule has 0 atom stereocenters. The molecular weight excluding hydrogens is 344 g/mol. The Bertz CT molecular complexity index is 1100.